The summed E-state index contributed by atoms with van der Waals surface area (Å²) < 4.78 is 18.4. The van der Waals surface area contributed by atoms with Crippen molar-refractivity contribution in [3.8, 4) is 0 Å². The number of rotatable bonds is 3. The fourth-order valence-corrected chi connectivity index (χ4v) is 2.88. The Morgan fingerprint density at radius 1 is 1.19 bits per heavy atom. The van der Waals surface area contributed by atoms with Crippen LogP contribution in [0.2, 0.25) is 10.0 Å². The van der Waals surface area contributed by atoms with Crippen LogP contribution in [-0.2, 0) is 14.3 Å². The predicted octanol–water partition coefficient (Wildman–Crippen LogP) is 3.27. The Morgan fingerprint density at radius 2 is 1.92 bits per heavy atom. The molecule has 1 heterocycles. The van der Waals surface area contributed by atoms with E-state index in [2.05, 4.69) is 5.32 Å². The molecule has 3 rings (SSSR count). The maximum absolute atomic E-state index is 13.5. The molecule has 2 aromatic rings. The molecule has 1 N–H and O–H groups in total. The van der Waals surface area contributed by atoms with Crippen LogP contribution >= 0.6 is 23.2 Å². The van der Waals surface area contributed by atoms with Crippen molar-refractivity contribution in [2.45, 2.75) is 0 Å². The highest BCUT2D eigenvalue weighted by molar-refractivity contribution is 6.36. The van der Waals surface area contributed by atoms with E-state index in [0.29, 0.717) is 11.4 Å². The van der Waals surface area contributed by atoms with Crippen LogP contribution < -0.4 is 10.2 Å². The lowest BCUT2D eigenvalue weighted by Gasteiger charge is -2.28. The Labute approximate surface area is 157 Å². The molecule has 0 saturated heterocycles. The number of carbonyl (C=O) groups excluding carboxylic acids is 3. The topological polar surface area (TPSA) is 75.7 Å². The number of hydrogen-bond acceptors (Lipinski definition) is 4. The first-order chi connectivity index (χ1) is 12.4. The zero-order valence-corrected chi connectivity index (χ0v) is 14.6. The van der Waals surface area contributed by atoms with E-state index in [1.807, 2.05) is 0 Å². The molecule has 0 radical (unpaired) electrons. The molecule has 2 amide bonds. The van der Waals surface area contributed by atoms with E-state index in [9.17, 15) is 18.8 Å². The van der Waals surface area contributed by atoms with Gasteiger partial charge in [0.1, 0.15) is 12.4 Å². The molecular formula is C17H11Cl2FN2O4. The number of nitrogens with one attached hydrogen (secondary N) is 1. The van der Waals surface area contributed by atoms with Crippen LogP contribution in [-0.4, -0.2) is 30.9 Å². The molecule has 0 saturated carbocycles. The molecule has 134 valence electrons. The summed E-state index contributed by atoms with van der Waals surface area (Å²) in [4.78, 5) is 37.4. The van der Waals surface area contributed by atoms with Gasteiger partial charge < -0.3 is 10.1 Å². The van der Waals surface area contributed by atoms with Crippen molar-refractivity contribution in [1.29, 1.82) is 0 Å². The second-order valence-corrected chi connectivity index (χ2v) is 6.18. The third kappa shape index (κ3) is 3.63. The third-order valence-corrected chi connectivity index (χ3v) is 4.23. The van der Waals surface area contributed by atoms with Crippen molar-refractivity contribution in [1.82, 2.24) is 0 Å². The number of fused-ring (bicyclic) bond motifs is 1. The molecule has 26 heavy (non-hydrogen) atoms. The fraction of sp³-hybridized carbons (Fsp3) is 0.118. The summed E-state index contributed by atoms with van der Waals surface area (Å²) in [5.74, 6) is -2.79. The first-order valence-corrected chi connectivity index (χ1v) is 8.13. The lowest BCUT2D eigenvalue weighted by atomic mass is 10.2. The molecule has 0 fully saturated rings. The Kier molecular flexibility index (Phi) is 5.11. The first kappa shape index (κ1) is 18.2. The van der Waals surface area contributed by atoms with Gasteiger partial charge in [0.05, 0.1) is 27.0 Å². The van der Waals surface area contributed by atoms with E-state index >= 15 is 0 Å². The van der Waals surface area contributed by atoms with Gasteiger partial charge in [-0.2, -0.15) is 0 Å². The number of hydrogen-bond donors (Lipinski definition) is 1. The average Bonchev–Trinajstić information content (AvgIpc) is 2.61. The Balaban J connectivity index is 1.73. The number of para-hydroxylation sites is 2. The average molecular weight is 397 g/mol. The minimum absolute atomic E-state index is 0.100. The van der Waals surface area contributed by atoms with Crippen molar-refractivity contribution in [3.05, 3.63) is 57.8 Å². The number of esters is 1. The van der Waals surface area contributed by atoms with Crippen molar-refractivity contribution in [3.63, 3.8) is 0 Å². The number of anilines is 2. The van der Waals surface area contributed by atoms with Gasteiger partial charge >= 0.3 is 5.97 Å². The molecule has 6 nitrogen and oxygen atoms in total. The Bertz CT molecular complexity index is 920. The van der Waals surface area contributed by atoms with Gasteiger partial charge in [-0.15, -0.1) is 0 Å². The molecule has 0 aromatic heterocycles. The molecule has 1 aliphatic heterocycles. The number of carbonyl (C=O) groups is 3. The monoisotopic (exact) mass is 396 g/mol. The minimum Gasteiger partial charge on any atom is -0.452 e. The maximum Gasteiger partial charge on any atom is 0.340 e. The van der Waals surface area contributed by atoms with Crippen LogP contribution in [0.1, 0.15) is 10.4 Å². The van der Waals surface area contributed by atoms with E-state index < -0.39 is 24.3 Å². The Morgan fingerprint density at radius 3 is 2.69 bits per heavy atom. The first-order valence-electron chi connectivity index (χ1n) is 7.37. The molecule has 0 atom stereocenters. The normalized spacial score (nSPS) is 13.0. The zero-order chi connectivity index (χ0) is 18.8. The minimum atomic E-state index is -0.978. The summed E-state index contributed by atoms with van der Waals surface area (Å²) in [6.45, 7) is -0.843. The van der Waals surface area contributed by atoms with E-state index in [1.54, 1.807) is 24.3 Å². The van der Waals surface area contributed by atoms with Crippen LogP contribution in [0.5, 0.6) is 0 Å². The number of halogens is 3. The quantitative estimate of drug-likeness (QED) is 0.637. The van der Waals surface area contributed by atoms with Gasteiger partial charge in [0.15, 0.2) is 6.61 Å². The number of benzene rings is 2. The number of nitrogens with zero attached hydrogens (tertiary/aromatic N) is 1. The molecular weight excluding hydrogens is 386 g/mol. The highest BCUT2D eigenvalue weighted by Crippen LogP contribution is 2.29. The highest BCUT2D eigenvalue weighted by atomic mass is 35.5. The van der Waals surface area contributed by atoms with E-state index in [1.165, 1.54) is 4.90 Å². The highest BCUT2D eigenvalue weighted by Gasteiger charge is 2.27. The van der Waals surface area contributed by atoms with Crippen LogP contribution in [0.3, 0.4) is 0 Å². The zero-order valence-electron chi connectivity index (χ0n) is 13.1. The van der Waals surface area contributed by atoms with Gasteiger partial charge in [0, 0.05) is 0 Å². The summed E-state index contributed by atoms with van der Waals surface area (Å²) in [7, 11) is 0. The third-order valence-electron chi connectivity index (χ3n) is 3.63. The van der Waals surface area contributed by atoms with E-state index in [0.717, 1.165) is 12.1 Å². The van der Waals surface area contributed by atoms with Crippen molar-refractivity contribution in [2.75, 3.05) is 23.4 Å². The van der Waals surface area contributed by atoms with Gasteiger partial charge in [-0.05, 0) is 24.3 Å². The molecule has 9 heteroatoms. The van der Waals surface area contributed by atoms with Gasteiger partial charge in [-0.1, -0.05) is 35.3 Å². The van der Waals surface area contributed by atoms with Crippen LogP contribution in [0.15, 0.2) is 36.4 Å². The lowest BCUT2D eigenvalue weighted by Crippen LogP contribution is -2.44. The molecule has 0 spiro atoms. The summed E-state index contributed by atoms with van der Waals surface area (Å²) in [5.41, 5.74) is 0.716. The second-order valence-electron chi connectivity index (χ2n) is 5.37. The lowest BCUT2D eigenvalue weighted by molar-refractivity contribution is -0.124. The Hall–Kier alpha value is -2.64. The molecule has 1 aliphatic rings. The summed E-state index contributed by atoms with van der Waals surface area (Å²) in [5, 5.41) is 2.30. The molecule has 0 unspecified atom stereocenters. The summed E-state index contributed by atoms with van der Waals surface area (Å²) in [6.07, 6.45) is 0. The standard InChI is InChI=1S/C17H11Cl2FN2O4/c18-10-6-11(19)12(20)5-9(10)17(25)26-8-16(24)22-7-15(23)21-13-3-1-2-4-14(13)22/h1-6H,7-8H2,(H,21,23). The van der Waals surface area contributed by atoms with Crippen molar-refractivity contribution < 1.29 is 23.5 Å². The van der Waals surface area contributed by atoms with Crippen molar-refractivity contribution in [2.24, 2.45) is 0 Å². The van der Waals surface area contributed by atoms with E-state index in [4.69, 9.17) is 27.9 Å². The second kappa shape index (κ2) is 7.31. The SMILES string of the molecule is O=C1CN(C(=O)COC(=O)c2cc(F)c(Cl)cc2Cl)c2ccccc2N1. The smallest absolute Gasteiger partial charge is 0.340 e. The van der Waals surface area contributed by atoms with E-state index in [-0.39, 0.29) is 28.1 Å². The van der Waals surface area contributed by atoms with Gasteiger partial charge in [0.25, 0.3) is 5.91 Å². The predicted molar refractivity (Wildman–Crippen MR) is 94.1 cm³/mol. The molecule has 2 aromatic carbocycles. The fourth-order valence-electron chi connectivity index (χ4n) is 2.42. The van der Waals surface area contributed by atoms with Crippen LogP contribution in [0, 0.1) is 5.82 Å². The number of amides is 2. The van der Waals surface area contributed by atoms with Gasteiger partial charge in [0.2, 0.25) is 5.91 Å². The molecule has 0 aliphatic carbocycles. The largest absolute Gasteiger partial charge is 0.452 e. The summed E-state index contributed by atoms with van der Waals surface area (Å²) >= 11 is 11.4. The van der Waals surface area contributed by atoms with Crippen LogP contribution in [0.25, 0.3) is 0 Å². The molecule has 0 bridgehead atoms. The van der Waals surface area contributed by atoms with Gasteiger partial charge in [-0.25, -0.2) is 9.18 Å². The summed E-state index contributed by atoms with van der Waals surface area (Å²) in [6, 6.07) is 8.63. The number of ether oxygens (including phenoxy) is 1. The van der Waals surface area contributed by atoms with Crippen LogP contribution in [0.4, 0.5) is 15.8 Å². The van der Waals surface area contributed by atoms with Gasteiger partial charge in [-0.3, -0.25) is 14.5 Å². The maximum atomic E-state index is 13.5. The van der Waals surface area contributed by atoms with Crippen molar-refractivity contribution >= 4 is 52.4 Å².